The number of anilines is 1. The highest BCUT2D eigenvalue weighted by Gasteiger charge is 2.18. The number of carbonyl (C=O) groups excluding carboxylic acids is 1. The molecule has 1 N–H and O–H groups in total. The molecule has 2 heterocycles. The van der Waals surface area contributed by atoms with Crippen LogP contribution in [0.5, 0.6) is 0 Å². The Morgan fingerprint density at radius 1 is 1.25 bits per heavy atom. The van der Waals surface area contributed by atoms with E-state index in [1.165, 1.54) is 43.5 Å². The van der Waals surface area contributed by atoms with Gasteiger partial charge in [-0.15, -0.1) is 0 Å². The van der Waals surface area contributed by atoms with Crippen molar-refractivity contribution in [3.63, 3.8) is 0 Å². The zero-order chi connectivity index (χ0) is 16.8. The molecule has 0 spiro atoms. The van der Waals surface area contributed by atoms with E-state index in [-0.39, 0.29) is 5.91 Å². The third-order valence-corrected chi connectivity index (χ3v) is 5.41. The summed E-state index contributed by atoms with van der Waals surface area (Å²) in [5.74, 6) is 0.914. The summed E-state index contributed by atoms with van der Waals surface area (Å²) in [4.78, 5) is 16.9. The monoisotopic (exact) mass is 329 g/mol. The first-order valence-electron chi connectivity index (χ1n) is 9.50. The first-order chi connectivity index (χ1) is 11.7. The van der Waals surface area contributed by atoms with Gasteiger partial charge < -0.3 is 15.1 Å². The smallest absolute Gasteiger partial charge is 0.220 e. The van der Waals surface area contributed by atoms with Crippen molar-refractivity contribution in [2.24, 2.45) is 5.92 Å². The minimum Gasteiger partial charge on any atom is -0.370 e. The van der Waals surface area contributed by atoms with Crippen LogP contribution in [0.25, 0.3) is 0 Å². The van der Waals surface area contributed by atoms with Gasteiger partial charge in [0.15, 0.2) is 0 Å². The van der Waals surface area contributed by atoms with E-state index in [1.54, 1.807) is 0 Å². The van der Waals surface area contributed by atoms with Gasteiger partial charge in [-0.2, -0.15) is 0 Å². The molecule has 2 aliphatic rings. The fraction of sp³-hybridized carbons (Fsp3) is 0.650. The van der Waals surface area contributed by atoms with E-state index in [0.29, 0.717) is 12.3 Å². The number of para-hydroxylation sites is 1. The molecule has 1 fully saturated rings. The topological polar surface area (TPSA) is 35.6 Å². The van der Waals surface area contributed by atoms with Crippen LogP contribution in [0.3, 0.4) is 0 Å². The molecule has 1 amide bonds. The van der Waals surface area contributed by atoms with Crippen molar-refractivity contribution in [2.45, 2.75) is 38.5 Å². The molecule has 1 aromatic rings. The number of hydrogen-bond acceptors (Lipinski definition) is 3. The second kappa shape index (κ2) is 8.52. The van der Waals surface area contributed by atoms with Crippen molar-refractivity contribution >= 4 is 11.6 Å². The van der Waals surface area contributed by atoms with Crippen molar-refractivity contribution in [3.8, 4) is 0 Å². The Morgan fingerprint density at radius 3 is 3.00 bits per heavy atom. The Labute approximate surface area is 146 Å². The number of nitrogens with zero attached hydrogens (tertiary/aromatic N) is 2. The predicted octanol–water partition coefficient (Wildman–Crippen LogP) is 2.68. The van der Waals surface area contributed by atoms with Gasteiger partial charge in [0.2, 0.25) is 5.91 Å². The van der Waals surface area contributed by atoms with Crippen LogP contribution in [-0.4, -0.2) is 50.6 Å². The summed E-state index contributed by atoms with van der Waals surface area (Å²) in [5.41, 5.74) is 2.79. The molecule has 1 aromatic carbocycles. The van der Waals surface area contributed by atoms with Gasteiger partial charge in [-0.3, -0.25) is 4.79 Å². The summed E-state index contributed by atoms with van der Waals surface area (Å²) in [6.07, 6.45) is 6.65. The van der Waals surface area contributed by atoms with E-state index in [1.807, 2.05) is 0 Å². The molecule has 1 saturated heterocycles. The third-order valence-electron chi connectivity index (χ3n) is 5.41. The molecule has 4 heteroatoms. The number of amides is 1. The lowest BCUT2D eigenvalue weighted by molar-refractivity contribution is -0.121. The maximum atomic E-state index is 12.1. The van der Waals surface area contributed by atoms with Crippen LogP contribution in [0.15, 0.2) is 24.3 Å². The highest BCUT2D eigenvalue weighted by molar-refractivity contribution is 5.75. The van der Waals surface area contributed by atoms with Gasteiger partial charge in [-0.1, -0.05) is 18.2 Å². The summed E-state index contributed by atoms with van der Waals surface area (Å²) < 4.78 is 0. The Balaban J connectivity index is 1.37. The van der Waals surface area contributed by atoms with Crippen LogP contribution in [-0.2, 0) is 11.2 Å². The molecule has 0 saturated carbocycles. The quantitative estimate of drug-likeness (QED) is 0.871. The lowest BCUT2D eigenvalue weighted by Gasteiger charge is -2.31. The SMILES string of the molecule is CN1CCC[C@@H](CCC(=O)NCCN2CCCc3ccccc32)C1. The number of piperidine rings is 1. The number of carbonyl (C=O) groups is 1. The van der Waals surface area contributed by atoms with Crippen LogP contribution in [0.2, 0.25) is 0 Å². The number of hydrogen-bond donors (Lipinski definition) is 1. The van der Waals surface area contributed by atoms with Crippen molar-refractivity contribution in [3.05, 3.63) is 29.8 Å². The minimum absolute atomic E-state index is 0.216. The van der Waals surface area contributed by atoms with Gasteiger partial charge in [0.25, 0.3) is 0 Å². The molecule has 2 aliphatic heterocycles. The zero-order valence-electron chi connectivity index (χ0n) is 15.0. The van der Waals surface area contributed by atoms with Gasteiger partial charge in [0.1, 0.15) is 0 Å². The maximum absolute atomic E-state index is 12.1. The standard InChI is InChI=1S/C20H31N3O/c1-22-13-4-6-17(16-22)10-11-20(24)21-12-15-23-14-5-8-18-7-2-3-9-19(18)23/h2-3,7,9,17H,4-6,8,10-16H2,1H3,(H,21,24)/t17-/m0/s1. The summed E-state index contributed by atoms with van der Waals surface area (Å²) >= 11 is 0. The molecular weight excluding hydrogens is 298 g/mol. The second-order valence-electron chi connectivity index (χ2n) is 7.38. The van der Waals surface area contributed by atoms with E-state index in [0.717, 1.165) is 32.6 Å². The number of fused-ring (bicyclic) bond motifs is 1. The molecule has 0 radical (unpaired) electrons. The Bertz CT molecular complexity index is 545. The van der Waals surface area contributed by atoms with Crippen LogP contribution < -0.4 is 10.2 Å². The number of benzene rings is 1. The van der Waals surface area contributed by atoms with Crippen LogP contribution >= 0.6 is 0 Å². The fourth-order valence-corrected chi connectivity index (χ4v) is 4.11. The molecule has 0 aromatic heterocycles. The Kier molecular flexibility index (Phi) is 6.13. The summed E-state index contributed by atoms with van der Waals surface area (Å²) in [5, 5.41) is 3.12. The predicted molar refractivity (Wildman–Crippen MR) is 99.4 cm³/mol. The molecule has 24 heavy (non-hydrogen) atoms. The largest absolute Gasteiger partial charge is 0.370 e. The van der Waals surface area contributed by atoms with Crippen molar-refractivity contribution in [1.82, 2.24) is 10.2 Å². The maximum Gasteiger partial charge on any atom is 0.220 e. The van der Waals surface area contributed by atoms with Gasteiger partial charge in [0, 0.05) is 38.3 Å². The molecule has 1 atom stereocenters. The van der Waals surface area contributed by atoms with Gasteiger partial charge in [-0.25, -0.2) is 0 Å². The fourth-order valence-electron chi connectivity index (χ4n) is 4.11. The minimum atomic E-state index is 0.216. The van der Waals surface area contributed by atoms with Gasteiger partial charge in [0.05, 0.1) is 0 Å². The number of nitrogens with one attached hydrogen (secondary N) is 1. The molecule has 0 bridgehead atoms. The zero-order valence-corrected chi connectivity index (χ0v) is 15.0. The van der Waals surface area contributed by atoms with Gasteiger partial charge in [-0.05, 0) is 63.2 Å². The number of rotatable bonds is 6. The number of likely N-dealkylation sites (tertiary alicyclic amines) is 1. The second-order valence-corrected chi connectivity index (χ2v) is 7.38. The normalized spacial score (nSPS) is 21.4. The molecule has 0 unspecified atom stereocenters. The van der Waals surface area contributed by atoms with Gasteiger partial charge >= 0.3 is 0 Å². The average Bonchev–Trinajstić information content (AvgIpc) is 2.60. The van der Waals surface area contributed by atoms with Crippen LogP contribution in [0.1, 0.15) is 37.7 Å². The summed E-state index contributed by atoms with van der Waals surface area (Å²) in [7, 11) is 2.18. The summed E-state index contributed by atoms with van der Waals surface area (Å²) in [6, 6.07) is 8.65. The first kappa shape index (κ1) is 17.3. The van der Waals surface area contributed by atoms with E-state index in [4.69, 9.17) is 0 Å². The third kappa shape index (κ3) is 4.73. The average molecular weight is 329 g/mol. The van der Waals surface area contributed by atoms with Crippen LogP contribution in [0, 0.1) is 5.92 Å². The Morgan fingerprint density at radius 2 is 2.12 bits per heavy atom. The lowest BCUT2D eigenvalue weighted by Crippen LogP contribution is -2.38. The lowest BCUT2D eigenvalue weighted by atomic mass is 9.93. The molecule has 4 nitrogen and oxygen atoms in total. The number of aryl methyl sites for hydroxylation is 1. The van der Waals surface area contributed by atoms with Crippen molar-refractivity contribution < 1.29 is 4.79 Å². The highest BCUT2D eigenvalue weighted by Crippen LogP contribution is 2.26. The van der Waals surface area contributed by atoms with Crippen molar-refractivity contribution in [2.75, 3.05) is 44.7 Å². The molecule has 132 valence electrons. The Hall–Kier alpha value is -1.55. The molecule has 3 rings (SSSR count). The first-order valence-corrected chi connectivity index (χ1v) is 9.50. The molecular formula is C20H31N3O. The van der Waals surface area contributed by atoms with E-state index >= 15 is 0 Å². The van der Waals surface area contributed by atoms with Crippen molar-refractivity contribution in [1.29, 1.82) is 0 Å². The van der Waals surface area contributed by atoms with E-state index in [2.05, 4.69) is 46.4 Å². The summed E-state index contributed by atoms with van der Waals surface area (Å²) in [6.45, 7) is 5.12. The highest BCUT2D eigenvalue weighted by atomic mass is 16.1. The van der Waals surface area contributed by atoms with Crippen LogP contribution in [0.4, 0.5) is 5.69 Å². The molecule has 0 aliphatic carbocycles. The van der Waals surface area contributed by atoms with E-state index < -0.39 is 0 Å². The van der Waals surface area contributed by atoms with E-state index in [9.17, 15) is 4.79 Å².